The fourth-order valence-electron chi connectivity index (χ4n) is 3.28. The smallest absolute Gasteiger partial charge is 0.244 e. The Bertz CT molecular complexity index is 690. The van der Waals surface area contributed by atoms with Crippen LogP contribution in [-0.4, -0.2) is 38.4 Å². The summed E-state index contributed by atoms with van der Waals surface area (Å²) >= 11 is 0. The predicted octanol–water partition coefficient (Wildman–Crippen LogP) is 1.61. The van der Waals surface area contributed by atoms with Gasteiger partial charge in [0.1, 0.15) is 12.1 Å². The first-order valence-electron chi connectivity index (χ1n) is 7.05. The lowest BCUT2D eigenvalue weighted by atomic mass is 9.97. The van der Waals surface area contributed by atoms with Crippen molar-refractivity contribution >= 4 is 16.9 Å². The topological polar surface area (TPSA) is 51.0 Å². The summed E-state index contributed by atoms with van der Waals surface area (Å²) in [6.45, 7) is 1.15. The third-order valence-corrected chi connectivity index (χ3v) is 4.28. The number of aromatic nitrogens is 3. The Balaban J connectivity index is 1.57. The van der Waals surface area contributed by atoms with E-state index in [-0.39, 0.29) is 18.5 Å². The molecule has 1 aliphatic carbocycles. The van der Waals surface area contributed by atoms with Gasteiger partial charge >= 0.3 is 0 Å². The molecule has 5 heteroatoms. The van der Waals surface area contributed by atoms with Gasteiger partial charge in [0.05, 0.1) is 11.6 Å². The molecule has 1 aliphatic heterocycles. The Morgan fingerprint density at radius 3 is 3.15 bits per heavy atom. The molecular weight excluding hydrogens is 252 g/mol. The minimum absolute atomic E-state index is 0.139. The van der Waals surface area contributed by atoms with Gasteiger partial charge in [0.25, 0.3) is 0 Å². The molecule has 2 bridgehead atoms. The number of hydrogen-bond donors (Lipinski definition) is 0. The zero-order valence-corrected chi connectivity index (χ0v) is 11.1. The van der Waals surface area contributed by atoms with Crippen LogP contribution in [0.4, 0.5) is 0 Å². The van der Waals surface area contributed by atoms with Crippen molar-refractivity contribution in [2.75, 3.05) is 6.54 Å². The lowest BCUT2D eigenvalue weighted by Gasteiger charge is -2.21. The molecule has 1 saturated heterocycles. The van der Waals surface area contributed by atoms with E-state index in [1.807, 2.05) is 29.2 Å². The van der Waals surface area contributed by atoms with E-state index in [0.29, 0.717) is 5.92 Å². The van der Waals surface area contributed by atoms with E-state index in [1.54, 1.807) is 4.68 Å². The van der Waals surface area contributed by atoms with Crippen LogP contribution in [0.15, 0.2) is 36.4 Å². The monoisotopic (exact) mass is 268 g/mol. The minimum atomic E-state index is 0.139. The number of likely N-dealkylation sites (tertiary alicyclic amines) is 1. The Morgan fingerprint density at radius 1 is 1.35 bits per heavy atom. The van der Waals surface area contributed by atoms with E-state index in [1.165, 1.54) is 0 Å². The summed E-state index contributed by atoms with van der Waals surface area (Å²) in [6, 6.07) is 8.02. The number of nitrogens with zero attached hydrogens (tertiary/aromatic N) is 4. The minimum Gasteiger partial charge on any atom is -0.334 e. The van der Waals surface area contributed by atoms with Gasteiger partial charge in [-0.25, -0.2) is 4.68 Å². The Morgan fingerprint density at radius 2 is 2.25 bits per heavy atom. The van der Waals surface area contributed by atoms with E-state index in [4.69, 9.17) is 0 Å². The number of fused-ring (bicyclic) bond motifs is 3. The summed E-state index contributed by atoms with van der Waals surface area (Å²) in [6.07, 6.45) is 6.59. The van der Waals surface area contributed by atoms with Crippen LogP contribution in [0.5, 0.6) is 0 Å². The first kappa shape index (κ1) is 11.6. The van der Waals surface area contributed by atoms with Gasteiger partial charge in [-0.15, -0.1) is 5.10 Å². The summed E-state index contributed by atoms with van der Waals surface area (Å²) in [4.78, 5) is 14.5. The van der Waals surface area contributed by atoms with Crippen molar-refractivity contribution in [3.05, 3.63) is 36.4 Å². The summed E-state index contributed by atoms with van der Waals surface area (Å²) in [5.41, 5.74) is 1.75. The number of carbonyl (C=O) groups is 1. The maximum atomic E-state index is 12.5. The largest absolute Gasteiger partial charge is 0.334 e. The number of allylic oxidation sites excluding steroid dienone is 1. The Kier molecular flexibility index (Phi) is 2.58. The third kappa shape index (κ3) is 1.81. The first-order valence-corrected chi connectivity index (χ1v) is 7.05. The molecule has 1 amide bonds. The van der Waals surface area contributed by atoms with E-state index >= 15 is 0 Å². The molecule has 0 saturated carbocycles. The molecule has 2 heterocycles. The van der Waals surface area contributed by atoms with E-state index in [0.717, 1.165) is 30.4 Å². The average Bonchev–Trinajstić information content (AvgIpc) is 3.01. The van der Waals surface area contributed by atoms with Crippen molar-refractivity contribution < 1.29 is 4.79 Å². The maximum Gasteiger partial charge on any atom is 0.244 e. The van der Waals surface area contributed by atoms with E-state index in [2.05, 4.69) is 22.5 Å². The summed E-state index contributed by atoms with van der Waals surface area (Å²) < 4.78 is 1.70. The van der Waals surface area contributed by atoms with Crippen molar-refractivity contribution in [3.8, 4) is 0 Å². The fraction of sp³-hybridized carbons (Fsp3) is 0.400. The SMILES string of the molecule is O=C(Cn1nnc2ccccc21)N1CC2CC=CC1C2. The predicted molar refractivity (Wildman–Crippen MR) is 74.9 cm³/mol. The van der Waals surface area contributed by atoms with Crippen LogP contribution >= 0.6 is 0 Å². The van der Waals surface area contributed by atoms with Crippen LogP contribution in [-0.2, 0) is 11.3 Å². The van der Waals surface area contributed by atoms with Crippen LogP contribution in [0.1, 0.15) is 12.8 Å². The molecule has 1 aromatic heterocycles. The Hall–Kier alpha value is -2.17. The van der Waals surface area contributed by atoms with Gasteiger partial charge in [0, 0.05) is 6.54 Å². The maximum absolute atomic E-state index is 12.5. The van der Waals surface area contributed by atoms with Crippen molar-refractivity contribution in [3.63, 3.8) is 0 Å². The van der Waals surface area contributed by atoms with Crippen LogP contribution in [0, 0.1) is 5.92 Å². The standard InChI is InChI=1S/C15H16N4O/c20-15(18-9-11-4-3-5-12(18)8-11)10-19-14-7-2-1-6-13(14)16-17-19/h1-3,5-7,11-12H,4,8-10H2. The molecule has 0 radical (unpaired) electrons. The molecule has 2 atom stereocenters. The van der Waals surface area contributed by atoms with Crippen LogP contribution in [0.25, 0.3) is 11.0 Å². The van der Waals surface area contributed by atoms with E-state index < -0.39 is 0 Å². The van der Waals surface area contributed by atoms with Crippen LogP contribution in [0.3, 0.4) is 0 Å². The van der Waals surface area contributed by atoms with Gasteiger partial charge in [0.2, 0.25) is 5.91 Å². The zero-order valence-electron chi connectivity index (χ0n) is 11.1. The number of amides is 1. The Labute approximate surface area is 116 Å². The number of rotatable bonds is 2. The molecule has 1 fully saturated rings. The molecule has 4 rings (SSSR count). The summed E-state index contributed by atoms with van der Waals surface area (Å²) in [7, 11) is 0. The average molecular weight is 268 g/mol. The molecule has 2 aliphatic rings. The molecule has 20 heavy (non-hydrogen) atoms. The summed E-state index contributed by atoms with van der Waals surface area (Å²) in [5, 5.41) is 8.19. The highest BCUT2D eigenvalue weighted by Gasteiger charge is 2.35. The van der Waals surface area contributed by atoms with Gasteiger partial charge in [-0.1, -0.05) is 29.5 Å². The van der Waals surface area contributed by atoms with Gasteiger partial charge < -0.3 is 4.90 Å². The summed E-state index contributed by atoms with van der Waals surface area (Å²) in [5.74, 6) is 0.779. The van der Waals surface area contributed by atoms with Crippen LogP contribution in [0.2, 0.25) is 0 Å². The zero-order chi connectivity index (χ0) is 13.5. The number of benzene rings is 1. The molecule has 102 valence electrons. The highest BCUT2D eigenvalue weighted by atomic mass is 16.2. The molecule has 2 aromatic rings. The lowest BCUT2D eigenvalue weighted by Crippen LogP contribution is -2.36. The van der Waals surface area contributed by atoms with Crippen molar-refractivity contribution in [1.82, 2.24) is 19.9 Å². The molecule has 0 spiro atoms. The highest BCUT2D eigenvalue weighted by Crippen LogP contribution is 2.31. The van der Waals surface area contributed by atoms with Gasteiger partial charge in [-0.3, -0.25) is 4.79 Å². The molecule has 0 N–H and O–H groups in total. The number of carbonyl (C=O) groups excluding carboxylic acids is 1. The highest BCUT2D eigenvalue weighted by molar-refractivity contribution is 5.80. The second kappa shape index (κ2) is 4.44. The van der Waals surface area contributed by atoms with Crippen LogP contribution < -0.4 is 0 Å². The second-order valence-electron chi connectivity index (χ2n) is 5.61. The number of hydrogen-bond acceptors (Lipinski definition) is 3. The van der Waals surface area contributed by atoms with Gasteiger partial charge in [-0.2, -0.15) is 0 Å². The third-order valence-electron chi connectivity index (χ3n) is 4.28. The molecule has 5 nitrogen and oxygen atoms in total. The fourth-order valence-corrected chi connectivity index (χ4v) is 3.28. The van der Waals surface area contributed by atoms with Crippen molar-refractivity contribution in [2.24, 2.45) is 5.92 Å². The normalized spacial score (nSPS) is 24.5. The van der Waals surface area contributed by atoms with Crippen molar-refractivity contribution in [1.29, 1.82) is 0 Å². The molecule has 2 unspecified atom stereocenters. The molecule has 1 aromatic carbocycles. The number of para-hydroxylation sites is 1. The lowest BCUT2D eigenvalue weighted by molar-refractivity contribution is -0.132. The van der Waals surface area contributed by atoms with Gasteiger partial charge in [0.15, 0.2) is 0 Å². The molecular formula is C15H16N4O. The quantitative estimate of drug-likeness (QED) is 0.777. The van der Waals surface area contributed by atoms with Crippen molar-refractivity contribution in [2.45, 2.75) is 25.4 Å². The van der Waals surface area contributed by atoms with Gasteiger partial charge in [-0.05, 0) is 30.9 Å². The van der Waals surface area contributed by atoms with E-state index in [9.17, 15) is 4.79 Å². The second-order valence-corrected chi connectivity index (χ2v) is 5.61. The first-order chi connectivity index (χ1) is 9.81.